The monoisotopic (exact) mass is 283 g/mol. The van der Waals surface area contributed by atoms with Crippen LogP contribution in [0, 0.1) is 11.2 Å². The van der Waals surface area contributed by atoms with Gasteiger partial charge in [0.15, 0.2) is 0 Å². The van der Waals surface area contributed by atoms with E-state index in [0.717, 1.165) is 18.2 Å². The molecule has 20 heavy (non-hydrogen) atoms. The van der Waals surface area contributed by atoms with Crippen molar-refractivity contribution in [2.45, 2.75) is 20.3 Å². The molecule has 0 radical (unpaired) electrons. The zero-order valence-corrected chi connectivity index (χ0v) is 10.9. The average Bonchev–Trinajstić information content (AvgIpc) is 2.30. The van der Waals surface area contributed by atoms with E-state index in [-0.39, 0.29) is 17.7 Å². The number of halogens is 1. The number of hydrogen-bond donors (Lipinski definition) is 3. The molecule has 1 rings (SSSR count). The first kappa shape index (κ1) is 15.6. The van der Waals surface area contributed by atoms with Crippen LogP contribution in [0.5, 0.6) is 0 Å². The Morgan fingerprint density at radius 1 is 1.25 bits per heavy atom. The topological polar surface area (TPSA) is 104 Å². The second-order valence-corrected chi connectivity index (χ2v) is 4.91. The molecule has 0 aliphatic heterocycles. The number of carbonyl (C=O) groups excluding carboxylic acids is 1. The maximum atomic E-state index is 13.5. The average molecular weight is 283 g/mol. The van der Waals surface area contributed by atoms with Gasteiger partial charge in [-0.25, -0.2) is 9.18 Å². The van der Waals surface area contributed by atoms with E-state index in [1.807, 2.05) is 0 Å². The number of carbonyl (C=O) groups is 3. The van der Waals surface area contributed by atoms with E-state index in [1.54, 1.807) is 0 Å². The molecule has 7 heteroatoms. The van der Waals surface area contributed by atoms with Gasteiger partial charge in [0.05, 0.1) is 16.7 Å². The molecule has 6 nitrogen and oxygen atoms in total. The van der Waals surface area contributed by atoms with Gasteiger partial charge in [-0.2, -0.15) is 0 Å². The first-order valence-corrected chi connectivity index (χ1v) is 5.69. The summed E-state index contributed by atoms with van der Waals surface area (Å²) in [7, 11) is 0. The highest BCUT2D eigenvalue weighted by molar-refractivity contribution is 5.96. The largest absolute Gasteiger partial charge is 0.481 e. The Labute approximate surface area is 114 Å². The summed E-state index contributed by atoms with van der Waals surface area (Å²) in [6, 6.07) is 2.96. The Kier molecular flexibility index (Phi) is 4.44. The summed E-state index contributed by atoms with van der Waals surface area (Å²) in [6.07, 6.45) is -0.362. The summed E-state index contributed by atoms with van der Waals surface area (Å²) in [5.41, 5.74) is -1.78. The number of carboxylic acid groups (broad SMARTS) is 2. The molecule has 0 aromatic heterocycles. The molecule has 1 amide bonds. The third-order valence-electron chi connectivity index (χ3n) is 2.67. The van der Waals surface area contributed by atoms with Crippen LogP contribution in [0.4, 0.5) is 10.1 Å². The number of carboxylic acids is 2. The maximum absolute atomic E-state index is 13.5. The fraction of sp³-hybridized carbons (Fsp3) is 0.308. The highest BCUT2D eigenvalue weighted by Gasteiger charge is 2.30. The van der Waals surface area contributed by atoms with Crippen LogP contribution in [0.1, 0.15) is 30.6 Å². The smallest absolute Gasteiger partial charge is 0.335 e. The second kappa shape index (κ2) is 5.68. The maximum Gasteiger partial charge on any atom is 0.335 e. The molecule has 108 valence electrons. The van der Waals surface area contributed by atoms with E-state index >= 15 is 0 Å². The molecule has 0 atom stereocenters. The fourth-order valence-electron chi connectivity index (χ4n) is 1.43. The van der Waals surface area contributed by atoms with Crippen molar-refractivity contribution in [1.29, 1.82) is 0 Å². The molecular formula is C13H14FNO5. The normalized spacial score (nSPS) is 10.9. The number of nitrogens with one attached hydrogen (secondary N) is 1. The van der Waals surface area contributed by atoms with Crippen molar-refractivity contribution in [3.8, 4) is 0 Å². The number of aliphatic carboxylic acids is 1. The number of benzene rings is 1. The lowest BCUT2D eigenvalue weighted by atomic mass is 9.89. The van der Waals surface area contributed by atoms with Gasteiger partial charge < -0.3 is 15.5 Å². The summed E-state index contributed by atoms with van der Waals surface area (Å²) < 4.78 is 13.5. The number of aromatic carboxylic acids is 1. The Morgan fingerprint density at radius 2 is 1.85 bits per heavy atom. The molecule has 0 spiro atoms. The number of anilines is 1. The predicted octanol–water partition coefficient (Wildman–Crippen LogP) is 1.96. The van der Waals surface area contributed by atoms with E-state index < -0.39 is 29.1 Å². The second-order valence-electron chi connectivity index (χ2n) is 4.91. The fourth-order valence-corrected chi connectivity index (χ4v) is 1.43. The summed E-state index contributed by atoms with van der Waals surface area (Å²) >= 11 is 0. The van der Waals surface area contributed by atoms with Gasteiger partial charge in [-0.15, -0.1) is 0 Å². The van der Waals surface area contributed by atoms with Crippen molar-refractivity contribution < 1.29 is 29.0 Å². The van der Waals surface area contributed by atoms with Gasteiger partial charge in [-0.1, -0.05) is 0 Å². The van der Waals surface area contributed by atoms with Gasteiger partial charge in [0.25, 0.3) is 0 Å². The van der Waals surface area contributed by atoms with Crippen LogP contribution in [0.3, 0.4) is 0 Å². The van der Waals surface area contributed by atoms with Gasteiger partial charge in [-0.05, 0) is 32.0 Å². The van der Waals surface area contributed by atoms with Crippen LogP contribution in [0.15, 0.2) is 18.2 Å². The van der Waals surface area contributed by atoms with Gasteiger partial charge in [0, 0.05) is 6.42 Å². The third-order valence-corrected chi connectivity index (χ3v) is 2.67. The molecule has 0 aliphatic rings. The van der Waals surface area contributed by atoms with Crippen LogP contribution in [0.25, 0.3) is 0 Å². The lowest BCUT2D eigenvalue weighted by Gasteiger charge is -2.18. The van der Waals surface area contributed by atoms with Gasteiger partial charge in [0.1, 0.15) is 5.82 Å². The van der Waals surface area contributed by atoms with Crippen LogP contribution in [0.2, 0.25) is 0 Å². The molecule has 0 heterocycles. The standard InChI is InChI=1S/C13H14FNO5/c1-13(2,12(19)20)6-10(16)15-9-5-7(11(17)18)3-4-8(9)14/h3-5H,6H2,1-2H3,(H,15,16)(H,17,18)(H,19,20). The molecular weight excluding hydrogens is 269 g/mol. The van der Waals surface area contributed by atoms with Crippen molar-refractivity contribution in [3.05, 3.63) is 29.6 Å². The quantitative estimate of drug-likeness (QED) is 0.766. The van der Waals surface area contributed by atoms with Crippen LogP contribution in [-0.4, -0.2) is 28.1 Å². The van der Waals surface area contributed by atoms with Crippen LogP contribution >= 0.6 is 0 Å². The van der Waals surface area contributed by atoms with E-state index in [9.17, 15) is 18.8 Å². The van der Waals surface area contributed by atoms with Gasteiger partial charge in [0.2, 0.25) is 5.91 Å². The van der Waals surface area contributed by atoms with Gasteiger partial charge >= 0.3 is 11.9 Å². The lowest BCUT2D eigenvalue weighted by Crippen LogP contribution is -2.29. The van der Waals surface area contributed by atoms with E-state index in [0.29, 0.717) is 0 Å². The van der Waals surface area contributed by atoms with Crippen molar-refractivity contribution in [2.24, 2.45) is 5.41 Å². The summed E-state index contributed by atoms with van der Waals surface area (Å²) in [5.74, 6) is -3.92. The molecule has 1 aromatic carbocycles. The number of amides is 1. The first-order chi connectivity index (χ1) is 9.13. The third kappa shape index (κ3) is 3.78. The molecule has 3 N–H and O–H groups in total. The Balaban J connectivity index is 2.88. The molecule has 0 unspecified atom stereocenters. The van der Waals surface area contributed by atoms with Crippen molar-refractivity contribution in [3.63, 3.8) is 0 Å². The molecule has 1 aromatic rings. The van der Waals surface area contributed by atoms with E-state index in [2.05, 4.69) is 5.32 Å². The predicted molar refractivity (Wildman–Crippen MR) is 68.0 cm³/mol. The number of hydrogen-bond acceptors (Lipinski definition) is 3. The van der Waals surface area contributed by atoms with E-state index in [1.165, 1.54) is 13.8 Å². The highest BCUT2D eigenvalue weighted by atomic mass is 19.1. The lowest BCUT2D eigenvalue weighted by molar-refractivity contribution is -0.148. The zero-order chi connectivity index (χ0) is 15.5. The molecule has 0 bridgehead atoms. The minimum absolute atomic E-state index is 0.181. The molecule has 0 fully saturated rings. The summed E-state index contributed by atoms with van der Waals surface area (Å²) in [4.78, 5) is 33.3. The van der Waals surface area contributed by atoms with Crippen LogP contribution < -0.4 is 5.32 Å². The molecule has 0 saturated carbocycles. The molecule has 0 aliphatic carbocycles. The Morgan fingerprint density at radius 3 is 2.35 bits per heavy atom. The SMILES string of the molecule is CC(C)(CC(=O)Nc1cc(C(=O)O)ccc1F)C(=O)O. The van der Waals surface area contributed by atoms with E-state index in [4.69, 9.17) is 10.2 Å². The van der Waals surface area contributed by atoms with Gasteiger partial charge in [-0.3, -0.25) is 9.59 Å². The number of rotatable bonds is 5. The minimum atomic E-state index is -1.30. The minimum Gasteiger partial charge on any atom is -0.481 e. The first-order valence-electron chi connectivity index (χ1n) is 5.69. The van der Waals surface area contributed by atoms with Crippen molar-refractivity contribution in [1.82, 2.24) is 0 Å². The summed E-state index contributed by atoms with van der Waals surface area (Å²) in [6.45, 7) is 2.72. The van der Waals surface area contributed by atoms with Crippen LogP contribution in [-0.2, 0) is 9.59 Å². The zero-order valence-electron chi connectivity index (χ0n) is 10.9. The molecule has 0 saturated heterocycles. The van der Waals surface area contributed by atoms with Crippen molar-refractivity contribution in [2.75, 3.05) is 5.32 Å². The van der Waals surface area contributed by atoms with Crippen molar-refractivity contribution >= 4 is 23.5 Å². The Bertz CT molecular complexity index is 568. The highest BCUT2D eigenvalue weighted by Crippen LogP contribution is 2.22. The Hall–Kier alpha value is -2.44. The summed E-state index contributed by atoms with van der Waals surface area (Å²) in [5, 5.41) is 19.9.